The van der Waals surface area contributed by atoms with Crippen molar-refractivity contribution in [2.75, 3.05) is 5.32 Å². The van der Waals surface area contributed by atoms with Crippen molar-refractivity contribution in [3.05, 3.63) is 82.8 Å². The third-order valence-corrected chi connectivity index (χ3v) is 4.19. The Morgan fingerprint density at radius 1 is 0.963 bits per heavy atom. The van der Waals surface area contributed by atoms with Crippen molar-refractivity contribution in [1.82, 2.24) is 19.6 Å². The number of rotatable bonds is 4. The number of hydrogen-bond acceptors (Lipinski definition) is 4. The van der Waals surface area contributed by atoms with E-state index in [1.807, 2.05) is 26.0 Å². The third kappa shape index (κ3) is 3.62. The minimum atomic E-state index is -0.292. The maximum absolute atomic E-state index is 13.4. The van der Waals surface area contributed by atoms with Gasteiger partial charge in [-0.15, -0.1) is 5.10 Å². The zero-order valence-corrected chi connectivity index (χ0v) is 14.9. The lowest BCUT2D eigenvalue weighted by Gasteiger charge is -2.11. The summed E-state index contributed by atoms with van der Waals surface area (Å²) in [5, 5.41) is 7.77. The van der Waals surface area contributed by atoms with Crippen molar-refractivity contribution in [2.45, 2.75) is 20.3 Å². The molecule has 0 aliphatic heterocycles. The predicted octanol–water partition coefficient (Wildman–Crippen LogP) is 4.35. The van der Waals surface area contributed by atoms with Crippen LogP contribution in [0.2, 0.25) is 0 Å². The molecule has 7 heteroatoms. The predicted molar refractivity (Wildman–Crippen MR) is 99.1 cm³/mol. The van der Waals surface area contributed by atoms with Crippen LogP contribution in [0.4, 0.5) is 20.3 Å². The van der Waals surface area contributed by atoms with E-state index in [2.05, 4.69) is 20.4 Å². The summed E-state index contributed by atoms with van der Waals surface area (Å²) in [7, 11) is 0. The van der Waals surface area contributed by atoms with E-state index >= 15 is 0 Å². The first-order valence-electron chi connectivity index (χ1n) is 8.49. The van der Waals surface area contributed by atoms with E-state index in [0.717, 1.165) is 22.5 Å². The molecule has 2 aromatic carbocycles. The molecule has 0 amide bonds. The third-order valence-electron chi connectivity index (χ3n) is 4.19. The molecule has 4 rings (SSSR count). The number of benzene rings is 2. The van der Waals surface area contributed by atoms with Gasteiger partial charge in [0, 0.05) is 23.9 Å². The van der Waals surface area contributed by atoms with Gasteiger partial charge in [-0.05, 0) is 55.3 Å². The first-order valence-corrected chi connectivity index (χ1v) is 8.49. The molecular weight excluding hydrogens is 348 g/mol. The molecule has 0 atom stereocenters. The number of aryl methyl sites for hydroxylation is 2. The Morgan fingerprint density at radius 3 is 2.56 bits per heavy atom. The number of fused-ring (bicyclic) bond motifs is 1. The highest BCUT2D eigenvalue weighted by Crippen LogP contribution is 2.22. The van der Waals surface area contributed by atoms with Gasteiger partial charge in [0.05, 0.1) is 0 Å². The second-order valence-electron chi connectivity index (χ2n) is 6.41. The standard InChI is InChI=1S/C20H17F2N5/c1-12-8-16(22)6-7-17(12)24-19-9-13(2)23-20-25-18(26-27(19)20)11-14-4-3-5-15(21)10-14/h3-10,24H,11H2,1-2H3. The molecule has 0 fully saturated rings. The van der Waals surface area contributed by atoms with E-state index in [4.69, 9.17) is 0 Å². The van der Waals surface area contributed by atoms with Crippen molar-refractivity contribution in [2.24, 2.45) is 0 Å². The monoisotopic (exact) mass is 365 g/mol. The average Bonchev–Trinajstić information content (AvgIpc) is 2.99. The van der Waals surface area contributed by atoms with E-state index in [9.17, 15) is 8.78 Å². The van der Waals surface area contributed by atoms with E-state index in [1.54, 1.807) is 16.6 Å². The first-order chi connectivity index (χ1) is 13.0. The van der Waals surface area contributed by atoms with Crippen molar-refractivity contribution in [1.29, 1.82) is 0 Å². The van der Waals surface area contributed by atoms with Gasteiger partial charge in [-0.2, -0.15) is 9.50 Å². The largest absolute Gasteiger partial charge is 0.340 e. The van der Waals surface area contributed by atoms with Gasteiger partial charge in [0.25, 0.3) is 5.78 Å². The Morgan fingerprint density at radius 2 is 1.78 bits per heavy atom. The van der Waals surface area contributed by atoms with E-state index in [-0.39, 0.29) is 11.6 Å². The molecule has 27 heavy (non-hydrogen) atoms. The van der Waals surface area contributed by atoms with Crippen LogP contribution in [0.15, 0.2) is 48.5 Å². The Balaban J connectivity index is 1.71. The highest BCUT2D eigenvalue weighted by Gasteiger charge is 2.12. The molecule has 1 N–H and O–H groups in total. The molecular formula is C20H17F2N5. The molecule has 0 aliphatic carbocycles. The second kappa shape index (κ2) is 6.75. The number of nitrogens with one attached hydrogen (secondary N) is 1. The number of nitrogens with zero attached hydrogens (tertiary/aromatic N) is 4. The molecule has 0 radical (unpaired) electrons. The van der Waals surface area contributed by atoms with Gasteiger partial charge in [0.1, 0.15) is 17.5 Å². The SMILES string of the molecule is Cc1cc(Nc2ccc(F)cc2C)n2nc(Cc3cccc(F)c3)nc2n1. The highest BCUT2D eigenvalue weighted by molar-refractivity contribution is 5.62. The normalized spacial score (nSPS) is 11.1. The topological polar surface area (TPSA) is 55.1 Å². The van der Waals surface area contributed by atoms with Crippen molar-refractivity contribution in [3.8, 4) is 0 Å². The molecule has 136 valence electrons. The molecule has 0 bridgehead atoms. The first kappa shape index (κ1) is 17.1. The number of anilines is 2. The summed E-state index contributed by atoms with van der Waals surface area (Å²) >= 11 is 0. The minimum Gasteiger partial charge on any atom is -0.340 e. The Kier molecular flexibility index (Phi) is 4.27. The number of aromatic nitrogens is 4. The lowest BCUT2D eigenvalue weighted by molar-refractivity contribution is 0.625. The van der Waals surface area contributed by atoms with Crippen LogP contribution in [0.1, 0.15) is 22.6 Å². The minimum absolute atomic E-state index is 0.285. The lowest BCUT2D eigenvalue weighted by Crippen LogP contribution is -2.04. The molecule has 2 heterocycles. The Hall–Kier alpha value is -3.35. The average molecular weight is 365 g/mol. The van der Waals surface area contributed by atoms with Crippen LogP contribution in [-0.4, -0.2) is 19.6 Å². The smallest absolute Gasteiger partial charge is 0.254 e. The number of hydrogen-bond donors (Lipinski definition) is 1. The Bertz CT molecular complexity index is 1140. The van der Waals surface area contributed by atoms with Gasteiger partial charge in [-0.1, -0.05) is 12.1 Å². The van der Waals surface area contributed by atoms with Crippen LogP contribution in [0.3, 0.4) is 0 Å². The van der Waals surface area contributed by atoms with Crippen molar-refractivity contribution in [3.63, 3.8) is 0 Å². The summed E-state index contributed by atoms with van der Waals surface area (Å²) < 4.78 is 28.4. The molecule has 0 saturated carbocycles. The quantitative estimate of drug-likeness (QED) is 0.584. The highest BCUT2D eigenvalue weighted by atomic mass is 19.1. The molecule has 5 nitrogen and oxygen atoms in total. The zero-order chi connectivity index (χ0) is 19.0. The summed E-state index contributed by atoms with van der Waals surface area (Å²) in [5.74, 6) is 1.08. The zero-order valence-electron chi connectivity index (χ0n) is 14.9. The van der Waals surface area contributed by atoms with Crippen LogP contribution in [-0.2, 0) is 6.42 Å². The van der Waals surface area contributed by atoms with Crippen molar-refractivity contribution >= 4 is 17.3 Å². The molecule has 0 aliphatic rings. The second-order valence-corrected chi connectivity index (χ2v) is 6.41. The number of halogens is 2. The lowest BCUT2D eigenvalue weighted by atomic mass is 10.1. The van der Waals surface area contributed by atoms with E-state index in [0.29, 0.717) is 23.8 Å². The molecule has 2 aromatic heterocycles. The molecule has 0 unspecified atom stereocenters. The van der Waals surface area contributed by atoms with Crippen LogP contribution < -0.4 is 5.32 Å². The van der Waals surface area contributed by atoms with E-state index < -0.39 is 0 Å². The fraction of sp³-hybridized carbons (Fsp3) is 0.150. The fourth-order valence-electron chi connectivity index (χ4n) is 2.93. The molecule has 4 aromatic rings. The Labute approximate surface area is 154 Å². The van der Waals surface area contributed by atoms with Gasteiger partial charge in [-0.25, -0.2) is 13.8 Å². The summed E-state index contributed by atoms with van der Waals surface area (Å²) in [6.07, 6.45) is 0.398. The molecule has 0 saturated heterocycles. The van der Waals surface area contributed by atoms with Gasteiger partial charge in [-0.3, -0.25) is 0 Å². The maximum Gasteiger partial charge on any atom is 0.254 e. The van der Waals surface area contributed by atoms with Crippen LogP contribution in [0.5, 0.6) is 0 Å². The maximum atomic E-state index is 13.4. The summed E-state index contributed by atoms with van der Waals surface area (Å²) in [6.45, 7) is 3.69. The summed E-state index contributed by atoms with van der Waals surface area (Å²) in [6, 6.07) is 12.7. The van der Waals surface area contributed by atoms with Crippen LogP contribution >= 0.6 is 0 Å². The van der Waals surface area contributed by atoms with Gasteiger partial charge in [0.15, 0.2) is 5.82 Å². The van der Waals surface area contributed by atoms with Crippen LogP contribution in [0, 0.1) is 25.5 Å². The van der Waals surface area contributed by atoms with Gasteiger partial charge in [0.2, 0.25) is 0 Å². The van der Waals surface area contributed by atoms with Crippen LogP contribution in [0.25, 0.3) is 5.78 Å². The van der Waals surface area contributed by atoms with Gasteiger partial charge >= 0.3 is 0 Å². The summed E-state index contributed by atoms with van der Waals surface area (Å²) in [4.78, 5) is 8.87. The van der Waals surface area contributed by atoms with Gasteiger partial charge < -0.3 is 5.32 Å². The van der Waals surface area contributed by atoms with E-state index in [1.165, 1.54) is 24.3 Å². The fourth-order valence-corrected chi connectivity index (χ4v) is 2.93. The van der Waals surface area contributed by atoms with Crippen molar-refractivity contribution < 1.29 is 8.78 Å². The summed E-state index contributed by atoms with van der Waals surface area (Å²) in [5.41, 5.74) is 3.10. The molecule has 0 spiro atoms.